The van der Waals surface area contributed by atoms with E-state index in [0.29, 0.717) is 10.6 Å². The lowest BCUT2D eigenvalue weighted by molar-refractivity contribution is -0.135. The molecule has 0 saturated carbocycles. The lowest BCUT2D eigenvalue weighted by atomic mass is 10.2. The summed E-state index contributed by atoms with van der Waals surface area (Å²) in [6, 6.07) is 6.68. The molecule has 0 unspecified atom stereocenters. The zero-order chi connectivity index (χ0) is 13.8. The molecule has 0 aliphatic carbocycles. The number of amides is 1. The first-order valence-electron chi connectivity index (χ1n) is 5.22. The number of hydrogen-bond donors (Lipinski definition) is 1. The molecule has 0 saturated heterocycles. The Balaban J connectivity index is 2.20. The van der Waals surface area contributed by atoms with Crippen LogP contribution in [-0.4, -0.2) is 24.8 Å². The van der Waals surface area contributed by atoms with Crippen molar-refractivity contribution in [3.63, 3.8) is 0 Å². The Morgan fingerprint density at radius 1 is 1.42 bits per heavy atom. The molecule has 1 amide bonds. The van der Waals surface area contributed by atoms with Crippen molar-refractivity contribution < 1.29 is 19.2 Å². The number of amidine groups is 1. The normalized spacial score (nSPS) is 16.4. The monoisotopic (exact) mass is 280 g/mol. The van der Waals surface area contributed by atoms with Crippen molar-refractivity contribution in [2.24, 2.45) is 5.16 Å². The number of hydrogen-bond acceptors (Lipinski definition) is 5. The molecule has 2 rings (SSSR count). The SMILES string of the molecule is COC(=O)/C=C1/ON=C(c2ccc(Cl)cc2)NC1=O. The van der Waals surface area contributed by atoms with Crippen LogP contribution in [0.15, 0.2) is 41.3 Å². The van der Waals surface area contributed by atoms with Gasteiger partial charge < -0.3 is 14.9 Å². The van der Waals surface area contributed by atoms with Gasteiger partial charge in [0, 0.05) is 10.6 Å². The smallest absolute Gasteiger partial charge is 0.334 e. The summed E-state index contributed by atoms with van der Waals surface area (Å²) >= 11 is 5.76. The Morgan fingerprint density at radius 2 is 2.11 bits per heavy atom. The van der Waals surface area contributed by atoms with Crippen molar-refractivity contribution in [1.29, 1.82) is 0 Å². The van der Waals surface area contributed by atoms with Gasteiger partial charge in [0.2, 0.25) is 5.76 Å². The van der Waals surface area contributed by atoms with Gasteiger partial charge in [0.25, 0.3) is 5.91 Å². The Kier molecular flexibility index (Phi) is 3.82. The summed E-state index contributed by atoms with van der Waals surface area (Å²) in [6.07, 6.45) is 0.914. The van der Waals surface area contributed by atoms with Crippen molar-refractivity contribution >= 4 is 29.3 Å². The van der Waals surface area contributed by atoms with Crippen LogP contribution in [0, 0.1) is 0 Å². The maximum Gasteiger partial charge on any atom is 0.334 e. The molecule has 98 valence electrons. The standard InChI is InChI=1S/C12H9ClN2O4/c1-18-10(16)6-9-12(17)14-11(15-19-9)7-2-4-8(13)5-3-7/h2-6H,1H3,(H,14,15,17)/b9-6+. The van der Waals surface area contributed by atoms with Crippen LogP contribution in [0.25, 0.3) is 0 Å². The van der Waals surface area contributed by atoms with Crippen molar-refractivity contribution in [2.45, 2.75) is 0 Å². The topological polar surface area (TPSA) is 77.0 Å². The summed E-state index contributed by atoms with van der Waals surface area (Å²) in [5.41, 5.74) is 0.634. The summed E-state index contributed by atoms with van der Waals surface area (Å²) < 4.78 is 4.39. The molecule has 19 heavy (non-hydrogen) atoms. The molecule has 0 bridgehead atoms. The molecular weight excluding hydrogens is 272 g/mol. The molecule has 0 atom stereocenters. The number of methoxy groups -OCH3 is 1. The lowest BCUT2D eigenvalue weighted by Gasteiger charge is -2.14. The van der Waals surface area contributed by atoms with E-state index >= 15 is 0 Å². The summed E-state index contributed by atoms with van der Waals surface area (Å²) in [6.45, 7) is 0. The van der Waals surface area contributed by atoms with Crippen molar-refractivity contribution in [3.8, 4) is 0 Å². The first-order valence-corrected chi connectivity index (χ1v) is 5.60. The summed E-state index contributed by atoms with van der Waals surface area (Å²) in [5, 5.41) is 6.78. The van der Waals surface area contributed by atoms with Crippen LogP contribution in [0.3, 0.4) is 0 Å². The Hall–Kier alpha value is -2.34. The molecule has 1 N–H and O–H groups in total. The van der Waals surface area contributed by atoms with Gasteiger partial charge in [0.05, 0.1) is 13.2 Å². The highest BCUT2D eigenvalue weighted by molar-refractivity contribution is 6.30. The zero-order valence-electron chi connectivity index (χ0n) is 9.84. The number of nitrogens with one attached hydrogen (secondary N) is 1. The molecule has 1 aliphatic heterocycles. The number of benzene rings is 1. The van der Waals surface area contributed by atoms with Gasteiger partial charge in [-0.15, -0.1) is 0 Å². The molecular formula is C12H9ClN2O4. The molecule has 1 aliphatic rings. The lowest BCUT2D eigenvalue weighted by Crippen LogP contribution is -2.36. The highest BCUT2D eigenvalue weighted by Crippen LogP contribution is 2.13. The molecule has 1 aromatic rings. The van der Waals surface area contributed by atoms with Gasteiger partial charge in [-0.25, -0.2) is 4.79 Å². The van der Waals surface area contributed by atoms with E-state index in [9.17, 15) is 9.59 Å². The fourth-order valence-electron chi connectivity index (χ4n) is 1.32. The van der Waals surface area contributed by atoms with Crippen LogP contribution >= 0.6 is 11.6 Å². The second-order valence-corrected chi connectivity index (χ2v) is 3.96. The van der Waals surface area contributed by atoms with Gasteiger partial charge in [-0.3, -0.25) is 4.79 Å². The zero-order valence-corrected chi connectivity index (χ0v) is 10.6. The number of ether oxygens (including phenoxy) is 1. The summed E-state index contributed by atoms with van der Waals surface area (Å²) in [7, 11) is 1.20. The van der Waals surface area contributed by atoms with Gasteiger partial charge >= 0.3 is 5.97 Å². The average Bonchev–Trinajstić information content (AvgIpc) is 2.41. The van der Waals surface area contributed by atoms with E-state index in [1.165, 1.54) is 7.11 Å². The first-order chi connectivity index (χ1) is 9.10. The maximum atomic E-state index is 11.7. The third kappa shape index (κ3) is 3.11. The van der Waals surface area contributed by atoms with Crippen molar-refractivity contribution in [2.75, 3.05) is 7.11 Å². The van der Waals surface area contributed by atoms with Crippen LogP contribution in [0.1, 0.15) is 5.56 Å². The van der Waals surface area contributed by atoms with Crippen molar-refractivity contribution in [1.82, 2.24) is 5.32 Å². The van der Waals surface area contributed by atoms with Crippen LogP contribution in [0.5, 0.6) is 0 Å². The summed E-state index contributed by atoms with van der Waals surface area (Å²) in [4.78, 5) is 27.5. The molecule has 1 aromatic carbocycles. The van der Waals surface area contributed by atoms with Crippen molar-refractivity contribution in [3.05, 3.63) is 46.7 Å². The van der Waals surface area contributed by atoms with Crippen LogP contribution in [0.2, 0.25) is 5.02 Å². The predicted molar refractivity (Wildman–Crippen MR) is 67.3 cm³/mol. The first kappa shape index (κ1) is 13.1. The van der Waals surface area contributed by atoms with Crippen LogP contribution in [-0.2, 0) is 19.2 Å². The predicted octanol–water partition coefficient (Wildman–Crippen LogP) is 1.20. The molecule has 7 heteroatoms. The number of carbonyl (C=O) groups excluding carboxylic acids is 2. The quantitative estimate of drug-likeness (QED) is 0.652. The highest BCUT2D eigenvalue weighted by atomic mass is 35.5. The largest absolute Gasteiger partial charge is 0.466 e. The molecule has 0 fully saturated rings. The van der Waals surface area contributed by atoms with E-state index < -0.39 is 11.9 Å². The van der Waals surface area contributed by atoms with E-state index in [1.54, 1.807) is 24.3 Å². The van der Waals surface area contributed by atoms with Gasteiger partial charge in [0.1, 0.15) is 0 Å². The number of halogens is 1. The molecule has 0 spiro atoms. The fraction of sp³-hybridized carbons (Fsp3) is 0.0833. The number of carbonyl (C=O) groups is 2. The molecule has 0 aromatic heterocycles. The second-order valence-electron chi connectivity index (χ2n) is 3.52. The van der Waals surface area contributed by atoms with Gasteiger partial charge in [0.15, 0.2) is 5.84 Å². The number of oxime groups is 1. The summed E-state index contributed by atoms with van der Waals surface area (Å²) in [5.74, 6) is -1.27. The number of rotatable bonds is 2. The van der Waals surface area contributed by atoms with E-state index in [-0.39, 0.29) is 11.6 Å². The number of nitrogens with zero attached hydrogens (tertiary/aromatic N) is 1. The van der Waals surface area contributed by atoms with E-state index in [2.05, 4.69) is 15.2 Å². The second kappa shape index (κ2) is 5.53. The van der Waals surface area contributed by atoms with E-state index in [0.717, 1.165) is 6.08 Å². The van der Waals surface area contributed by atoms with Gasteiger partial charge in [-0.2, -0.15) is 0 Å². The Morgan fingerprint density at radius 3 is 2.68 bits per heavy atom. The van der Waals surface area contributed by atoms with E-state index in [1.807, 2.05) is 0 Å². The Labute approximate surface area is 113 Å². The average molecular weight is 281 g/mol. The van der Waals surface area contributed by atoms with Gasteiger partial charge in [-0.05, 0) is 24.3 Å². The third-order valence-corrected chi connectivity index (χ3v) is 2.51. The minimum absolute atomic E-state index is 0.232. The van der Waals surface area contributed by atoms with Crippen LogP contribution in [0.4, 0.5) is 0 Å². The molecule has 6 nitrogen and oxygen atoms in total. The third-order valence-electron chi connectivity index (χ3n) is 2.26. The minimum Gasteiger partial charge on any atom is -0.466 e. The maximum absolute atomic E-state index is 11.7. The minimum atomic E-state index is -0.699. The highest BCUT2D eigenvalue weighted by Gasteiger charge is 2.22. The Bertz CT molecular complexity index is 578. The molecule has 1 heterocycles. The van der Waals surface area contributed by atoms with Crippen LogP contribution < -0.4 is 5.32 Å². The van der Waals surface area contributed by atoms with Gasteiger partial charge in [-0.1, -0.05) is 16.8 Å². The van der Waals surface area contributed by atoms with E-state index in [4.69, 9.17) is 16.4 Å². The fourth-order valence-corrected chi connectivity index (χ4v) is 1.44. The molecule has 0 radical (unpaired) electrons. The number of esters is 1.